The first-order valence-corrected chi connectivity index (χ1v) is 9.68. The molecule has 0 saturated carbocycles. The lowest BCUT2D eigenvalue weighted by Crippen LogP contribution is -2.41. The van der Waals surface area contributed by atoms with E-state index in [4.69, 9.17) is 22.1 Å². The lowest BCUT2D eigenvalue weighted by molar-refractivity contribution is -0.657. The minimum absolute atomic E-state index is 0.0483. The number of amides is 1. The average molecular weight is 443 g/mol. The summed E-state index contributed by atoms with van der Waals surface area (Å²) in [6, 6.07) is 2.02. The number of likely N-dealkylation sites (tertiary alicyclic amines) is 1. The fourth-order valence-corrected chi connectivity index (χ4v) is 3.47. The Morgan fingerprint density at radius 1 is 1.40 bits per heavy atom. The molecule has 1 aliphatic heterocycles. The number of primary amides is 1. The van der Waals surface area contributed by atoms with Crippen LogP contribution in [0.25, 0.3) is 5.69 Å². The smallest absolute Gasteiger partial charge is 0.425 e. The van der Waals surface area contributed by atoms with Gasteiger partial charge in [-0.1, -0.05) is 16.3 Å². The lowest BCUT2D eigenvalue weighted by Gasteiger charge is -2.22. The van der Waals surface area contributed by atoms with Gasteiger partial charge in [-0.3, -0.25) is 9.69 Å². The molecule has 1 amide bonds. The molecular weight excluding hydrogens is 420 g/mol. The molecule has 3 rings (SSSR count). The Kier molecular flexibility index (Phi) is 6.09. The number of alkyl halides is 1. The van der Waals surface area contributed by atoms with E-state index in [9.17, 15) is 18.4 Å². The second-order valence-electron chi connectivity index (χ2n) is 8.12. The molecule has 30 heavy (non-hydrogen) atoms. The predicted molar refractivity (Wildman–Crippen MR) is 103 cm³/mol. The average Bonchev–Trinajstić information content (AvgIpc) is 3.25. The van der Waals surface area contributed by atoms with E-state index in [1.165, 1.54) is 34.4 Å². The highest BCUT2D eigenvalue weighted by atomic mass is 35.5. The number of carbonyl (C=O) groups is 2. The van der Waals surface area contributed by atoms with Gasteiger partial charge in [0, 0.05) is 19.5 Å². The van der Waals surface area contributed by atoms with Gasteiger partial charge in [0.15, 0.2) is 11.5 Å². The number of hydrogen-bond acceptors (Lipinski definition) is 5. The second kappa shape index (κ2) is 8.27. The molecule has 0 aliphatic carbocycles. The van der Waals surface area contributed by atoms with Crippen LogP contribution in [0.15, 0.2) is 24.8 Å². The van der Waals surface area contributed by atoms with E-state index in [2.05, 4.69) is 5.10 Å². The molecule has 11 heteroatoms. The first-order chi connectivity index (χ1) is 14.0. The van der Waals surface area contributed by atoms with Gasteiger partial charge in [0.1, 0.15) is 11.8 Å². The third-order valence-electron chi connectivity index (χ3n) is 4.60. The molecule has 0 unspecified atom stereocenters. The molecule has 1 aromatic carbocycles. The largest absolute Gasteiger partial charge is 0.513 e. The Balaban J connectivity index is 1.95. The van der Waals surface area contributed by atoms with E-state index in [0.717, 1.165) is 4.57 Å². The van der Waals surface area contributed by atoms with Crippen LogP contribution in [0.1, 0.15) is 32.8 Å². The Labute approximate surface area is 177 Å². The van der Waals surface area contributed by atoms with Gasteiger partial charge in [-0.25, -0.2) is 8.78 Å². The highest BCUT2D eigenvalue weighted by molar-refractivity contribution is 6.30. The normalized spacial score (nSPS) is 19.8. The molecule has 2 N–H and O–H groups in total. The molecule has 1 fully saturated rings. The van der Waals surface area contributed by atoms with E-state index in [0.29, 0.717) is 0 Å². The fraction of sp³-hybridized carbons (Fsp3) is 0.474. The summed E-state index contributed by atoms with van der Waals surface area (Å²) in [5, 5.41) is 3.97. The van der Waals surface area contributed by atoms with Crippen molar-refractivity contribution in [1.82, 2.24) is 14.6 Å². The van der Waals surface area contributed by atoms with Crippen molar-refractivity contribution < 1.29 is 27.8 Å². The van der Waals surface area contributed by atoms with Crippen LogP contribution in [0.5, 0.6) is 0 Å². The molecule has 0 radical (unpaired) electrons. The molecule has 0 spiro atoms. The summed E-state index contributed by atoms with van der Waals surface area (Å²) in [5.41, 5.74) is 5.05. The number of aromatic nitrogens is 3. The van der Waals surface area contributed by atoms with E-state index in [1.807, 2.05) is 0 Å². The summed E-state index contributed by atoms with van der Waals surface area (Å²) in [6.45, 7) is 5.02. The standard InChI is InChI=1S/C19H22ClF2N5O3/c1-19(2,3)30-18(29)26-9-24-27(10-26)14-5-4-13(20)16(22)12(14)8-25-7-11(21)6-15(25)17(23)28/h4-5,9-11,15H,6-8H2,1-3H3,(H-,23,28)/p+1/t11-,15+/m1/s1. The molecule has 1 aliphatic rings. The molecule has 1 aromatic heterocycles. The van der Waals surface area contributed by atoms with Crippen molar-refractivity contribution >= 4 is 23.6 Å². The van der Waals surface area contributed by atoms with Crippen molar-refractivity contribution in [2.45, 2.75) is 51.6 Å². The Morgan fingerprint density at radius 2 is 2.10 bits per heavy atom. The molecular formula is C19H23ClF2N5O3+. The van der Waals surface area contributed by atoms with E-state index in [1.54, 1.807) is 20.8 Å². The summed E-state index contributed by atoms with van der Waals surface area (Å²) < 4.78 is 36.5. The van der Waals surface area contributed by atoms with Crippen LogP contribution < -0.4 is 10.4 Å². The van der Waals surface area contributed by atoms with Crippen LogP contribution in [0.4, 0.5) is 13.6 Å². The number of benzene rings is 1. The first-order valence-electron chi connectivity index (χ1n) is 9.30. The van der Waals surface area contributed by atoms with Crippen molar-refractivity contribution in [1.29, 1.82) is 0 Å². The zero-order chi connectivity index (χ0) is 22.2. The molecule has 162 valence electrons. The number of carbonyl (C=O) groups excluding carboxylic acids is 2. The highest BCUT2D eigenvalue weighted by Crippen LogP contribution is 2.28. The maximum absolute atomic E-state index is 14.9. The van der Waals surface area contributed by atoms with Crippen molar-refractivity contribution in [3.63, 3.8) is 0 Å². The van der Waals surface area contributed by atoms with Crippen molar-refractivity contribution in [3.8, 4) is 5.69 Å². The van der Waals surface area contributed by atoms with E-state index in [-0.39, 0.29) is 35.8 Å². The van der Waals surface area contributed by atoms with Gasteiger partial charge in [-0.2, -0.15) is 4.79 Å². The third kappa shape index (κ3) is 4.76. The number of ether oxygens (including phenoxy) is 1. The fourth-order valence-electron chi connectivity index (χ4n) is 3.29. The number of nitrogens with two attached hydrogens (primary N) is 1. The Morgan fingerprint density at radius 3 is 2.73 bits per heavy atom. The quantitative estimate of drug-likeness (QED) is 0.732. The first kappa shape index (κ1) is 22.1. The monoisotopic (exact) mass is 442 g/mol. The van der Waals surface area contributed by atoms with E-state index >= 15 is 0 Å². The highest BCUT2D eigenvalue weighted by Gasteiger charge is 2.37. The lowest BCUT2D eigenvalue weighted by atomic mass is 10.1. The minimum atomic E-state index is -1.24. The van der Waals surface area contributed by atoms with Gasteiger partial charge in [-0.15, -0.1) is 4.57 Å². The van der Waals surface area contributed by atoms with Gasteiger partial charge < -0.3 is 10.5 Å². The summed E-state index contributed by atoms with van der Waals surface area (Å²) >= 11 is 5.95. The van der Waals surface area contributed by atoms with Crippen molar-refractivity contribution in [3.05, 3.63) is 41.2 Å². The zero-order valence-electron chi connectivity index (χ0n) is 16.8. The van der Waals surface area contributed by atoms with Gasteiger partial charge in [0.05, 0.1) is 16.6 Å². The summed E-state index contributed by atoms with van der Waals surface area (Å²) in [6.07, 6.45) is 0.607. The van der Waals surface area contributed by atoms with Crippen LogP contribution in [-0.2, 0) is 16.1 Å². The topological polar surface area (TPSA) is 94.3 Å². The number of rotatable bonds is 4. The van der Waals surface area contributed by atoms with E-state index < -0.39 is 35.6 Å². The number of halogens is 3. The Bertz CT molecular complexity index is 976. The second-order valence-corrected chi connectivity index (χ2v) is 8.53. The molecule has 2 atom stereocenters. The van der Waals surface area contributed by atoms with Gasteiger partial charge >= 0.3 is 6.09 Å². The third-order valence-corrected chi connectivity index (χ3v) is 4.89. The zero-order valence-corrected chi connectivity index (χ0v) is 17.6. The maximum Gasteiger partial charge on any atom is 0.513 e. The van der Waals surface area contributed by atoms with Crippen molar-refractivity contribution in [2.75, 3.05) is 6.54 Å². The minimum Gasteiger partial charge on any atom is -0.425 e. The van der Waals surface area contributed by atoms with Crippen LogP contribution in [0, 0.1) is 5.82 Å². The van der Waals surface area contributed by atoms with Crippen LogP contribution in [0.3, 0.4) is 0 Å². The predicted octanol–water partition coefficient (Wildman–Crippen LogP) is 2.13. The summed E-state index contributed by atoms with van der Waals surface area (Å²) in [5.74, 6) is -1.40. The van der Waals surface area contributed by atoms with Crippen LogP contribution in [0.2, 0.25) is 5.02 Å². The molecule has 2 heterocycles. The molecule has 2 aromatic rings. The molecule has 8 nitrogen and oxygen atoms in total. The van der Waals surface area contributed by atoms with Crippen LogP contribution >= 0.6 is 11.6 Å². The van der Waals surface area contributed by atoms with Gasteiger partial charge in [-0.05, 0) is 38.0 Å². The van der Waals surface area contributed by atoms with Crippen molar-refractivity contribution in [2.24, 2.45) is 5.73 Å². The molecule has 1 saturated heterocycles. The molecule has 0 bridgehead atoms. The Hall–Kier alpha value is -2.59. The number of nitrogens with zero attached hydrogens (tertiary/aromatic N) is 4. The van der Waals surface area contributed by atoms with Gasteiger partial charge in [0.2, 0.25) is 12.2 Å². The van der Waals surface area contributed by atoms with Crippen LogP contribution in [-0.4, -0.2) is 50.9 Å². The summed E-state index contributed by atoms with van der Waals surface area (Å²) in [4.78, 5) is 25.4. The maximum atomic E-state index is 14.9. The SMILES string of the molecule is CC(C)(C)OC(=O)n1cn[n+](-c2ccc(Cl)c(F)c2CN2C[C@H](F)C[C@H]2C(N)=O)c1. The van der Waals surface area contributed by atoms with Gasteiger partial charge in [0.25, 0.3) is 6.33 Å². The number of hydrogen-bond donors (Lipinski definition) is 1. The summed E-state index contributed by atoms with van der Waals surface area (Å²) in [7, 11) is 0.